The Hall–Kier alpha value is -1.12. The first kappa shape index (κ1) is 13.3. The van der Waals surface area contributed by atoms with Crippen molar-refractivity contribution in [3.63, 3.8) is 0 Å². The quantitative estimate of drug-likeness (QED) is 0.749. The van der Waals surface area contributed by atoms with E-state index in [1.54, 1.807) is 7.05 Å². The molecular weight excluding hydrogens is 256 g/mol. The molecule has 0 saturated carbocycles. The van der Waals surface area contributed by atoms with Crippen molar-refractivity contribution in [1.82, 2.24) is 13.9 Å². The van der Waals surface area contributed by atoms with Crippen molar-refractivity contribution < 1.29 is 13.5 Å². The number of aliphatic hydroxyl groups is 1. The highest BCUT2D eigenvalue weighted by atomic mass is 32.2. The van der Waals surface area contributed by atoms with Crippen molar-refractivity contribution >= 4 is 15.8 Å². The van der Waals surface area contributed by atoms with Gasteiger partial charge in [-0.2, -0.15) is 4.31 Å². The molecule has 0 radical (unpaired) electrons. The highest BCUT2D eigenvalue weighted by molar-refractivity contribution is 7.89. The summed E-state index contributed by atoms with van der Waals surface area (Å²) in [5.74, 6) is -0.0701. The molecule has 2 atom stereocenters. The summed E-state index contributed by atoms with van der Waals surface area (Å²) in [6.45, 7) is 2.44. The summed E-state index contributed by atoms with van der Waals surface area (Å²) < 4.78 is 27.7. The van der Waals surface area contributed by atoms with Crippen LogP contribution in [-0.4, -0.2) is 46.6 Å². The molecule has 0 aromatic carbocycles. The Morgan fingerprint density at radius 3 is 2.72 bits per heavy atom. The molecule has 2 unspecified atom stereocenters. The van der Waals surface area contributed by atoms with Gasteiger partial charge in [-0.15, -0.1) is 0 Å². The number of rotatable bonds is 2. The summed E-state index contributed by atoms with van der Waals surface area (Å²) in [6.07, 6.45) is 1.38. The number of piperidine rings is 1. The highest BCUT2D eigenvalue weighted by Crippen LogP contribution is 2.26. The maximum Gasteiger partial charge on any atom is 0.262 e. The average Bonchev–Trinajstić information content (AvgIpc) is 2.62. The number of sulfonamides is 1. The lowest BCUT2D eigenvalue weighted by Gasteiger charge is -2.33. The lowest BCUT2D eigenvalue weighted by molar-refractivity contribution is 0.0627. The molecule has 2 heterocycles. The smallest absolute Gasteiger partial charge is 0.262 e. The molecule has 1 aromatic heterocycles. The maximum atomic E-state index is 12.4. The first-order valence-corrected chi connectivity index (χ1v) is 7.23. The zero-order valence-electron chi connectivity index (χ0n) is 10.4. The molecule has 2 rings (SSSR count). The summed E-state index contributed by atoms with van der Waals surface area (Å²) in [5, 5.41) is 9.66. The molecule has 1 aliphatic heterocycles. The largest absolute Gasteiger partial charge is 0.393 e. The van der Waals surface area contributed by atoms with Crippen molar-refractivity contribution in [3.8, 4) is 0 Å². The molecule has 1 aromatic rings. The Balaban J connectivity index is 2.33. The van der Waals surface area contributed by atoms with Gasteiger partial charge in [0.15, 0.2) is 10.8 Å². The second-order valence-corrected chi connectivity index (χ2v) is 6.60. The van der Waals surface area contributed by atoms with Crippen LogP contribution in [-0.2, 0) is 17.1 Å². The van der Waals surface area contributed by atoms with Crippen LogP contribution in [0.4, 0.5) is 5.82 Å². The highest BCUT2D eigenvalue weighted by Gasteiger charge is 2.35. The number of nitrogen functional groups attached to an aromatic ring is 1. The van der Waals surface area contributed by atoms with Gasteiger partial charge in [-0.05, 0) is 12.3 Å². The standard InChI is InChI=1S/C10H18N4O3S/c1-7-5-14(4-3-8(7)15)18(16,17)10-9(11)12-6-13(10)2/h6-8,15H,3-5,11H2,1-2H3. The van der Waals surface area contributed by atoms with E-state index in [1.165, 1.54) is 15.2 Å². The third kappa shape index (κ3) is 2.11. The van der Waals surface area contributed by atoms with Crippen LogP contribution in [0, 0.1) is 5.92 Å². The fraction of sp³-hybridized carbons (Fsp3) is 0.700. The average molecular weight is 274 g/mol. The van der Waals surface area contributed by atoms with E-state index in [1.807, 2.05) is 6.92 Å². The first-order valence-electron chi connectivity index (χ1n) is 5.79. The predicted molar refractivity (Wildman–Crippen MR) is 66.2 cm³/mol. The Bertz CT molecular complexity index is 520. The fourth-order valence-corrected chi connectivity index (χ4v) is 3.94. The molecule has 7 nitrogen and oxygen atoms in total. The van der Waals surface area contributed by atoms with E-state index in [0.717, 1.165) is 0 Å². The summed E-state index contributed by atoms with van der Waals surface area (Å²) in [4.78, 5) is 3.80. The third-order valence-electron chi connectivity index (χ3n) is 3.32. The van der Waals surface area contributed by atoms with E-state index in [9.17, 15) is 13.5 Å². The van der Waals surface area contributed by atoms with Gasteiger partial charge in [-0.25, -0.2) is 13.4 Å². The molecule has 0 bridgehead atoms. The number of aliphatic hydroxyl groups excluding tert-OH is 1. The lowest BCUT2D eigenvalue weighted by Crippen LogP contribution is -2.45. The van der Waals surface area contributed by atoms with Crippen LogP contribution in [0.1, 0.15) is 13.3 Å². The SMILES string of the molecule is CC1CN(S(=O)(=O)c2c(N)ncn2C)CCC1O. The van der Waals surface area contributed by atoms with Gasteiger partial charge in [0, 0.05) is 20.1 Å². The topological polar surface area (TPSA) is 101 Å². The van der Waals surface area contributed by atoms with Crippen molar-refractivity contribution in [3.05, 3.63) is 6.33 Å². The summed E-state index contributed by atoms with van der Waals surface area (Å²) in [5.41, 5.74) is 5.61. The van der Waals surface area contributed by atoms with Crippen molar-refractivity contribution in [1.29, 1.82) is 0 Å². The van der Waals surface area contributed by atoms with Crippen LogP contribution in [0.3, 0.4) is 0 Å². The number of nitrogens with two attached hydrogens (primary N) is 1. The van der Waals surface area contributed by atoms with Gasteiger partial charge in [0.25, 0.3) is 10.0 Å². The molecule has 1 aliphatic rings. The van der Waals surface area contributed by atoms with Gasteiger partial charge in [0.2, 0.25) is 0 Å². The third-order valence-corrected chi connectivity index (χ3v) is 5.31. The molecule has 18 heavy (non-hydrogen) atoms. The second-order valence-electron chi connectivity index (χ2n) is 4.74. The molecule has 8 heteroatoms. The van der Waals surface area contributed by atoms with Gasteiger partial charge >= 0.3 is 0 Å². The number of imidazole rings is 1. The zero-order chi connectivity index (χ0) is 13.5. The second kappa shape index (κ2) is 4.52. The molecule has 0 aliphatic carbocycles. The lowest BCUT2D eigenvalue weighted by atomic mass is 9.99. The normalized spacial score (nSPS) is 26.4. The van der Waals surface area contributed by atoms with Crippen molar-refractivity contribution in [2.75, 3.05) is 18.8 Å². The van der Waals surface area contributed by atoms with Crippen LogP contribution in [0.15, 0.2) is 11.4 Å². The van der Waals surface area contributed by atoms with Crippen LogP contribution in [0.25, 0.3) is 0 Å². The predicted octanol–water partition coefficient (Wildman–Crippen LogP) is -0.606. The molecule has 0 spiro atoms. The number of aromatic nitrogens is 2. The molecule has 1 saturated heterocycles. The van der Waals surface area contributed by atoms with Crippen LogP contribution < -0.4 is 5.73 Å². The Labute approximate surface area is 106 Å². The van der Waals surface area contributed by atoms with Gasteiger partial charge in [0.05, 0.1) is 12.4 Å². The molecule has 102 valence electrons. The number of anilines is 1. The summed E-state index contributed by atoms with van der Waals surface area (Å²) in [7, 11) is -2.04. The first-order chi connectivity index (χ1) is 8.34. The van der Waals surface area contributed by atoms with Gasteiger partial charge in [0.1, 0.15) is 0 Å². The zero-order valence-corrected chi connectivity index (χ0v) is 11.3. The van der Waals surface area contributed by atoms with Crippen molar-refractivity contribution in [2.24, 2.45) is 13.0 Å². The number of hydrogen-bond donors (Lipinski definition) is 2. The van der Waals surface area contributed by atoms with E-state index >= 15 is 0 Å². The molecule has 1 fully saturated rings. The van der Waals surface area contributed by atoms with Gasteiger partial charge in [-0.3, -0.25) is 0 Å². The summed E-state index contributed by atoms with van der Waals surface area (Å²) >= 11 is 0. The van der Waals surface area contributed by atoms with Gasteiger partial charge in [-0.1, -0.05) is 6.92 Å². The monoisotopic (exact) mass is 274 g/mol. The van der Waals surface area contributed by atoms with E-state index in [-0.39, 0.29) is 16.8 Å². The minimum atomic E-state index is -3.64. The summed E-state index contributed by atoms with van der Waals surface area (Å²) in [6, 6.07) is 0. The van der Waals surface area contributed by atoms with Crippen molar-refractivity contribution in [2.45, 2.75) is 24.5 Å². The minimum absolute atomic E-state index is 0.0104. The fourth-order valence-electron chi connectivity index (χ4n) is 2.19. The van der Waals surface area contributed by atoms with E-state index in [4.69, 9.17) is 5.73 Å². The Morgan fingerprint density at radius 1 is 1.56 bits per heavy atom. The van der Waals surface area contributed by atoms with E-state index < -0.39 is 16.1 Å². The number of aryl methyl sites for hydroxylation is 1. The minimum Gasteiger partial charge on any atom is -0.393 e. The molecule has 3 N–H and O–H groups in total. The Morgan fingerprint density at radius 2 is 2.22 bits per heavy atom. The van der Waals surface area contributed by atoms with Crippen LogP contribution in [0.2, 0.25) is 0 Å². The van der Waals surface area contributed by atoms with E-state index in [2.05, 4.69) is 4.98 Å². The van der Waals surface area contributed by atoms with E-state index in [0.29, 0.717) is 19.5 Å². The maximum absolute atomic E-state index is 12.4. The van der Waals surface area contributed by atoms with Crippen LogP contribution in [0.5, 0.6) is 0 Å². The van der Waals surface area contributed by atoms with Gasteiger partial charge < -0.3 is 15.4 Å². The molecular formula is C10H18N4O3S. The molecule has 0 amide bonds. The van der Waals surface area contributed by atoms with Crippen LogP contribution >= 0.6 is 0 Å². The number of hydrogen-bond acceptors (Lipinski definition) is 5. The number of nitrogens with zero attached hydrogens (tertiary/aromatic N) is 3. The Kier molecular flexibility index (Phi) is 3.35.